The van der Waals surface area contributed by atoms with Gasteiger partial charge in [-0.15, -0.1) is 0 Å². The van der Waals surface area contributed by atoms with E-state index in [9.17, 15) is 4.79 Å². The number of benzene rings is 1. The van der Waals surface area contributed by atoms with E-state index in [-0.39, 0.29) is 11.8 Å². The van der Waals surface area contributed by atoms with Crippen LogP contribution in [0.15, 0.2) is 30.3 Å². The molecule has 1 heterocycles. The number of hydrogen-bond donors (Lipinski definition) is 0. The first-order valence-electron chi connectivity index (χ1n) is 7.78. The molecule has 0 saturated carbocycles. The summed E-state index contributed by atoms with van der Waals surface area (Å²) in [6.07, 6.45) is 0. The van der Waals surface area contributed by atoms with Crippen LogP contribution in [-0.2, 0) is 13.1 Å². The summed E-state index contributed by atoms with van der Waals surface area (Å²) in [4.78, 5) is 14.4. The van der Waals surface area contributed by atoms with Crippen molar-refractivity contribution >= 4 is 5.91 Å². The van der Waals surface area contributed by atoms with Gasteiger partial charge in [0.05, 0.1) is 17.3 Å². The zero-order chi connectivity index (χ0) is 17.0. The molecule has 5 heteroatoms. The lowest BCUT2D eigenvalue weighted by Crippen LogP contribution is -2.28. The molecule has 0 aliphatic carbocycles. The van der Waals surface area contributed by atoms with Crippen LogP contribution >= 0.6 is 0 Å². The Balaban J connectivity index is 2.21. The highest BCUT2D eigenvalue weighted by Gasteiger charge is 2.19. The predicted octanol–water partition coefficient (Wildman–Crippen LogP) is 3.17. The maximum absolute atomic E-state index is 12.7. The summed E-state index contributed by atoms with van der Waals surface area (Å²) in [5.41, 5.74) is 3.07. The van der Waals surface area contributed by atoms with Crippen molar-refractivity contribution in [2.75, 3.05) is 7.05 Å². The molecule has 0 fully saturated rings. The van der Waals surface area contributed by atoms with Gasteiger partial charge in [0.1, 0.15) is 5.69 Å². The molecule has 1 aromatic carbocycles. The highest BCUT2D eigenvalue weighted by Crippen LogP contribution is 2.17. The smallest absolute Gasteiger partial charge is 0.272 e. The van der Waals surface area contributed by atoms with Gasteiger partial charge in [-0.2, -0.15) is 10.4 Å². The second-order valence-electron chi connectivity index (χ2n) is 5.90. The highest BCUT2D eigenvalue weighted by atomic mass is 16.2. The second-order valence-corrected chi connectivity index (χ2v) is 5.90. The molecule has 0 bridgehead atoms. The van der Waals surface area contributed by atoms with Crippen molar-refractivity contribution < 1.29 is 4.79 Å². The third kappa shape index (κ3) is 3.78. The van der Waals surface area contributed by atoms with Crippen LogP contribution in [0.3, 0.4) is 0 Å². The Hall–Kier alpha value is -2.61. The fourth-order valence-corrected chi connectivity index (χ4v) is 2.41. The topological polar surface area (TPSA) is 61.9 Å². The summed E-state index contributed by atoms with van der Waals surface area (Å²) in [5.74, 6) is 0.223. The number of hydrogen-bond acceptors (Lipinski definition) is 3. The Kier molecular flexibility index (Phi) is 5.17. The van der Waals surface area contributed by atoms with E-state index in [4.69, 9.17) is 5.26 Å². The lowest BCUT2D eigenvalue weighted by Gasteiger charge is -2.17. The minimum absolute atomic E-state index is 0.0615. The molecule has 1 aromatic heterocycles. The normalized spacial score (nSPS) is 10.6. The number of aromatic nitrogens is 2. The average molecular weight is 310 g/mol. The number of amides is 1. The molecule has 0 spiro atoms. The molecular formula is C18H22N4O. The Labute approximate surface area is 137 Å². The van der Waals surface area contributed by atoms with Crippen LogP contribution in [-0.4, -0.2) is 27.6 Å². The van der Waals surface area contributed by atoms with Gasteiger partial charge in [0.25, 0.3) is 5.91 Å². The molecule has 0 radical (unpaired) electrons. The lowest BCUT2D eigenvalue weighted by atomic mass is 10.1. The largest absolute Gasteiger partial charge is 0.336 e. The van der Waals surface area contributed by atoms with Crippen molar-refractivity contribution in [1.82, 2.24) is 14.7 Å². The monoisotopic (exact) mass is 310 g/mol. The van der Waals surface area contributed by atoms with E-state index in [0.29, 0.717) is 24.3 Å². The predicted molar refractivity (Wildman–Crippen MR) is 88.9 cm³/mol. The van der Waals surface area contributed by atoms with Gasteiger partial charge in [0.2, 0.25) is 0 Å². The third-order valence-electron chi connectivity index (χ3n) is 3.73. The van der Waals surface area contributed by atoms with Crippen molar-refractivity contribution in [3.8, 4) is 6.07 Å². The van der Waals surface area contributed by atoms with E-state index in [1.807, 2.05) is 25.1 Å². The maximum atomic E-state index is 12.7. The number of carbonyl (C=O) groups excluding carboxylic acids is 1. The van der Waals surface area contributed by atoms with Crippen molar-refractivity contribution in [3.63, 3.8) is 0 Å². The molecule has 1 amide bonds. The first-order chi connectivity index (χ1) is 11.0. The molecule has 120 valence electrons. The van der Waals surface area contributed by atoms with E-state index in [0.717, 1.165) is 11.3 Å². The minimum atomic E-state index is -0.0615. The van der Waals surface area contributed by atoms with Gasteiger partial charge in [0, 0.05) is 20.1 Å². The van der Waals surface area contributed by atoms with Gasteiger partial charge in [-0.1, -0.05) is 26.0 Å². The summed E-state index contributed by atoms with van der Waals surface area (Å²) in [7, 11) is 1.77. The summed E-state index contributed by atoms with van der Waals surface area (Å²) in [5, 5.41) is 13.5. The molecule has 2 rings (SSSR count). The van der Waals surface area contributed by atoms with Gasteiger partial charge in [-0.3, -0.25) is 9.48 Å². The van der Waals surface area contributed by atoms with Crippen LogP contribution in [0.5, 0.6) is 0 Å². The Morgan fingerprint density at radius 3 is 2.74 bits per heavy atom. The molecule has 0 aliphatic heterocycles. The van der Waals surface area contributed by atoms with Gasteiger partial charge < -0.3 is 4.90 Å². The average Bonchev–Trinajstić information content (AvgIpc) is 2.98. The van der Waals surface area contributed by atoms with E-state index in [1.165, 1.54) is 0 Å². The van der Waals surface area contributed by atoms with Gasteiger partial charge in [-0.05, 0) is 36.6 Å². The fraction of sp³-hybridized carbons (Fsp3) is 0.389. The van der Waals surface area contributed by atoms with Crippen LogP contribution < -0.4 is 0 Å². The Morgan fingerprint density at radius 2 is 2.13 bits per heavy atom. The van der Waals surface area contributed by atoms with E-state index < -0.39 is 0 Å². The van der Waals surface area contributed by atoms with Gasteiger partial charge in [0.15, 0.2) is 0 Å². The van der Waals surface area contributed by atoms with E-state index >= 15 is 0 Å². The molecule has 2 aromatic rings. The summed E-state index contributed by atoms with van der Waals surface area (Å²) in [6, 6.07) is 11.3. The van der Waals surface area contributed by atoms with Crippen LogP contribution in [0.4, 0.5) is 0 Å². The number of nitriles is 1. The van der Waals surface area contributed by atoms with Crippen molar-refractivity contribution in [3.05, 3.63) is 52.8 Å². The molecular weight excluding hydrogens is 288 g/mol. The van der Waals surface area contributed by atoms with E-state index in [2.05, 4.69) is 25.0 Å². The maximum Gasteiger partial charge on any atom is 0.272 e. The molecule has 5 nitrogen and oxygen atoms in total. The first-order valence-corrected chi connectivity index (χ1v) is 7.78. The third-order valence-corrected chi connectivity index (χ3v) is 3.73. The summed E-state index contributed by atoms with van der Waals surface area (Å²) in [6.45, 7) is 7.22. The number of rotatable bonds is 5. The van der Waals surface area contributed by atoms with Crippen LogP contribution in [0, 0.1) is 11.3 Å². The molecule has 0 N–H and O–H groups in total. The standard InChI is InChI=1S/C18H22N4O/c1-5-22-17(10-16(20-22)13(2)3)18(23)21(4)12-15-8-6-7-14(9-15)11-19/h6-10,13H,5,12H2,1-4H3. The lowest BCUT2D eigenvalue weighted by molar-refractivity contribution is 0.0773. The molecule has 23 heavy (non-hydrogen) atoms. The summed E-state index contributed by atoms with van der Waals surface area (Å²) < 4.78 is 1.75. The summed E-state index contributed by atoms with van der Waals surface area (Å²) >= 11 is 0. The van der Waals surface area contributed by atoms with E-state index in [1.54, 1.807) is 28.8 Å². The minimum Gasteiger partial charge on any atom is -0.336 e. The first kappa shape index (κ1) is 16.8. The molecule has 0 aliphatic rings. The highest BCUT2D eigenvalue weighted by molar-refractivity contribution is 5.92. The van der Waals surface area contributed by atoms with Crippen LogP contribution in [0.2, 0.25) is 0 Å². The molecule has 0 unspecified atom stereocenters. The Morgan fingerprint density at radius 1 is 1.39 bits per heavy atom. The fourth-order valence-electron chi connectivity index (χ4n) is 2.41. The zero-order valence-electron chi connectivity index (χ0n) is 14.1. The number of aryl methyl sites for hydroxylation is 1. The van der Waals surface area contributed by atoms with Gasteiger partial charge in [-0.25, -0.2) is 0 Å². The van der Waals surface area contributed by atoms with Crippen molar-refractivity contribution in [2.24, 2.45) is 0 Å². The van der Waals surface area contributed by atoms with Crippen LogP contribution in [0.1, 0.15) is 54.0 Å². The quantitative estimate of drug-likeness (QED) is 0.852. The Bertz CT molecular complexity index is 740. The molecule has 0 atom stereocenters. The SMILES string of the molecule is CCn1nc(C(C)C)cc1C(=O)N(C)Cc1cccc(C#N)c1. The van der Waals surface area contributed by atoms with Gasteiger partial charge >= 0.3 is 0 Å². The molecule has 0 saturated heterocycles. The zero-order valence-corrected chi connectivity index (χ0v) is 14.1. The van der Waals surface area contributed by atoms with Crippen molar-refractivity contribution in [2.45, 2.75) is 39.8 Å². The van der Waals surface area contributed by atoms with Crippen molar-refractivity contribution in [1.29, 1.82) is 5.26 Å². The second kappa shape index (κ2) is 7.10. The number of nitrogens with zero attached hydrogens (tertiary/aromatic N) is 4. The number of carbonyl (C=O) groups is 1. The van der Waals surface area contributed by atoms with Crippen LogP contribution in [0.25, 0.3) is 0 Å².